The molecule has 1 aliphatic rings. The molecule has 8 heteroatoms. The molecule has 7 nitrogen and oxygen atoms in total. The van der Waals surface area contributed by atoms with Crippen LogP contribution in [0.5, 0.6) is 0 Å². The molecule has 0 aromatic heterocycles. The number of carbonyl (C=O) groups excluding carboxylic acids is 2. The highest BCUT2D eigenvalue weighted by molar-refractivity contribution is 7.89. The fraction of sp³-hybridized carbons (Fsp3) is 0.391. The molecule has 1 atom stereocenters. The second-order valence-electron chi connectivity index (χ2n) is 7.93. The van der Waals surface area contributed by atoms with Crippen molar-refractivity contribution in [1.29, 1.82) is 0 Å². The third-order valence-electron chi connectivity index (χ3n) is 5.58. The Bertz CT molecular complexity index is 985. The lowest BCUT2D eigenvalue weighted by Crippen LogP contribution is -2.50. The number of hydrogen-bond acceptors (Lipinski definition) is 4. The zero-order valence-electron chi connectivity index (χ0n) is 17.4. The molecule has 1 fully saturated rings. The largest absolute Gasteiger partial charge is 0.366 e. The molecule has 2 amide bonds. The van der Waals surface area contributed by atoms with Crippen molar-refractivity contribution in [2.24, 2.45) is 5.73 Å². The zero-order chi connectivity index (χ0) is 22.3. The molecule has 4 N–H and O–H groups in total. The van der Waals surface area contributed by atoms with E-state index in [0.29, 0.717) is 12.8 Å². The standard InChI is InChI=1S/C23H29N3O4S/c24-22(27)18-12-14-20(15-13-18)31(29,30)26-21(16-11-17-7-3-1-4-8-17)23(28)25-19-9-5-2-6-10-19/h1,3-4,7-8,12-15,19,21,26H,2,5-6,9-11,16H2,(H2,24,27)(H,25,28). The van der Waals surface area contributed by atoms with E-state index in [-0.39, 0.29) is 22.4 Å². The molecule has 1 unspecified atom stereocenters. The van der Waals surface area contributed by atoms with Gasteiger partial charge in [0.25, 0.3) is 0 Å². The van der Waals surface area contributed by atoms with Gasteiger partial charge in [-0.2, -0.15) is 4.72 Å². The quantitative estimate of drug-likeness (QED) is 0.552. The molecular weight excluding hydrogens is 414 g/mol. The number of aryl methyl sites for hydroxylation is 1. The van der Waals surface area contributed by atoms with E-state index in [4.69, 9.17) is 5.73 Å². The van der Waals surface area contributed by atoms with Gasteiger partial charge >= 0.3 is 0 Å². The van der Waals surface area contributed by atoms with Crippen LogP contribution in [-0.2, 0) is 21.2 Å². The van der Waals surface area contributed by atoms with Crippen LogP contribution in [0.15, 0.2) is 59.5 Å². The Balaban J connectivity index is 1.74. The number of benzene rings is 2. The molecule has 0 saturated heterocycles. The van der Waals surface area contributed by atoms with Crippen LogP contribution in [0.1, 0.15) is 54.4 Å². The van der Waals surface area contributed by atoms with E-state index in [0.717, 1.165) is 37.7 Å². The van der Waals surface area contributed by atoms with E-state index < -0.39 is 22.0 Å². The lowest BCUT2D eigenvalue weighted by Gasteiger charge is -2.26. The number of nitrogens with two attached hydrogens (primary N) is 1. The fourth-order valence-corrected chi connectivity index (χ4v) is 5.03. The summed E-state index contributed by atoms with van der Waals surface area (Å²) < 4.78 is 28.4. The fourth-order valence-electron chi connectivity index (χ4n) is 3.80. The molecule has 31 heavy (non-hydrogen) atoms. The summed E-state index contributed by atoms with van der Waals surface area (Å²) in [7, 11) is -3.96. The average Bonchev–Trinajstić information content (AvgIpc) is 2.78. The van der Waals surface area contributed by atoms with Gasteiger partial charge in [-0.15, -0.1) is 0 Å². The van der Waals surface area contributed by atoms with Gasteiger partial charge in [0.2, 0.25) is 21.8 Å². The van der Waals surface area contributed by atoms with Crippen molar-refractivity contribution in [3.8, 4) is 0 Å². The Morgan fingerprint density at radius 2 is 1.61 bits per heavy atom. The van der Waals surface area contributed by atoms with Crippen LogP contribution in [0.3, 0.4) is 0 Å². The van der Waals surface area contributed by atoms with E-state index in [2.05, 4.69) is 10.0 Å². The van der Waals surface area contributed by atoms with Crippen LogP contribution < -0.4 is 15.8 Å². The molecule has 0 spiro atoms. The normalized spacial score (nSPS) is 15.9. The van der Waals surface area contributed by atoms with Crippen LogP contribution >= 0.6 is 0 Å². The number of sulfonamides is 1. The minimum atomic E-state index is -3.96. The Morgan fingerprint density at radius 3 is 2.23 bits per heavy atom. The Morgan fingerprint density at radius 1 is 0.968 bits per heavy atom. The predicted octanol–water partition coefficient (Wildman–Crippen LogP) is 2.51. The van der Waals surface area contributed by atoms with E-state index in [9.17, 15) is 18.0 Å². The van der Waals surface area contributed by atoms with Gasteiger partial charge in [-0.25, -0.2) is 8.42 Å². The minimum Gasteiger partial charge on any atom is -0.366 e. The third kappa shape index (κ3) is 6.63. The SMILES string of the molecule is NC(=O)c1ccc(S(=O)(=O)NC(CCc2ccccc2)C(=O)NC2CCCCC2)cc1. The molecule has 2 aromatic carbocycles. The molecule has 0 bridgehead atoms. The van der Waals surface area contributed by atoms with E-state index >= 15 is 0 Å². The number of carbonyl (C=O) groups is 2. The predicted molar refractivity (Wildman–Crippen MR) is 119 cm³/mol. The Kier molecular flexibility index (Phi) is 7.81. The molecule has 0 heterocycles. The first-order valence-corrected chi connectivity index (χ1v) is 12.1. The van der Waals surface area contributed by atoms with Crippen molar-refractivity contribution >= 4 is 21.8 Å². The minimum absolute atomic E-state index is 0.0207. The van der Waals surface area contributed by atoms with Gasteiger partial charge in [-0.1, -0.05) is 49.6 Å². The van der Waals surface area contributed by atoms with Crippen molar-refractivity contribution < 1.29 is 18.0 Å². The Hall–Kier alpha value is -2.71. The van der Waals surface area contributed by atoms with Crippen LogP contribution in [0.4, 0.5) is 0 Å². The summed E-state index contributed by atoms with van der Waals surface area (Å²) >= 11 is 0. The number of hydrogen-bond donors (Lipinski definition) is 3. The van der Waals surface area contributed by atoms with Crippen LogP contribution in [0.2, 0.25) is 0 Å². The first-order chi connectivity index (χ1) is 14.8. The van der Waals surface area contributed by atoms with Crippen LogP contribution in [-0.4, -0.2) is 32.3 Å². The first-order valence-electron chi connectivity index (χ1n) is 10.6. The molecule has 1 aliphatic carbocycles. The molecule has 0 radical (unpaired) electrons. The van der Waals surface area contributed by atoms with Crippen molar-refractivity contribution in [2.45, 2.75) is 61.9 Å². The number of nitrogens with one attached hydrogen (secondary N) is 2. The summed E-state index contributed by atoms with van der Waals surface area (Å²) in [5.74, 6) is -0.940. The van der Waals surface area contributed by atoms with Gasteiger partial charge in [-0.3, -0.25) is 9.59 Å². The van der Waals surface area contributed by atoms with Gasteiger partial charge in [0, 0.05) is 11.6 Å². The summed E-state index contributed by atoms with van der Waals surface area (Å²) in [5.41, 5.74) is 6.47. The Labute approximate surface area is 183 Å². The maximum Gasteiger partial charge on any atom is 0.248 e. The molecular formula is C23H29N3O4S. The van der Waals surface area contributed by atoms with Crippen LogP contribution in [0, 0.1) is 0 Å². The average molecular weight is 444 g/mol. The summed E-state index contributed by atoms with van der Waals surface area (Å²) in [4.78, 5) is 24.2. The second-order valence-corrected chi connectivity index (χ2v) is 9.64. The van der Waals surface area contributed by atoms with Gasteiger partial charge in [-0.05, 0) is 55.5 Å². The highest BCUT2D eigenvalue weighted by atomic mass is 32.2. The highest BCUT2D eigenvalue weighted by Gasteiger charge is 2.27. The van der Waals surface area contributed by atoms with Crippen LogP contribution in [0.25, 0.3) is 0 Å². The van der Waals surface area contributed by atoms with E-state index in [1.807, 2.05) is 30.3 Å². The number of amides is 2. The summed E-state index contributed by atoms with van der Waals surface area (Å²) in [6.45, 7) is 0. The number of primary amides is 1. The topological polar surface area (TPSA) is 118 Å². The molecule has 1 saturated carbocycles. The van der Waals surface area contributed by atoms with Gasteiger partial charge < -0.3 is 11.1 Å². The lowest BCUT2D eigenvalue weighted by atomic mass is 9.95. The molecule has 3 rings (SSSR count). The summed E-state index contributed by atoms with van der Waals surface area (Å²) in [6, 6.07) is 14.2. The maximum atomic E-state index is 13.0. The van der Waals surface area contributed by atoms with E-state index in [1.165, 1.54) is 24.3 Å². The number of rotatable bonds is 9. The molecule has 2 aromatic rings. The first kappa shape index (κ1) is 23.0. The summed E-state index contributed by atoms with van der Waals surface area (Å²) in [6.07, 6.45) is 6.03. The van der Waals surface area contributed by atoms with E-state index in [1.54, 1.807) is 0 Å². The van der Waals surface area contributed by atoms with Gasteiger partial charge in [0.05, 0.1) is 4.90 Å². The highest BCUT2D eigenvalue weighted by Crippen LogP contribution is 2.18. The van der Waals surface area contributed by atoms with Crippen molar-refractivity contribution in [2.75, 3.05) is 0 Å². The van der Waals surface area contributed by atoms with Gasteiger partial charge in [0.15, 0.2) is 0 Å². The van der Waals surface area contributed by atoms with Crippen molar-refractivity contribution in [3.63, 3.8) is 0 Å². The van der Waals surface area contributed by atoms with Gasteiger partial charge in [0.1, 0.15) is 6.04 Å². The molecule has 0 aliphatic heterocycles. The molecule has 166 valence electrons. The lowest BCUT2D eigenvalue weighted by molar-refractivity contribution is -0.123. The smallest absolute Gasteiger partial charge is 0.248 e. The van der Waals surface area contributed by atoms with Crippen molar-refractivity contribution in [3.05, 3.63) is 65.7 Å². The maximum absolute atomic E-state index is 13.0. The zero-order valence-corrected chi connectivity index (χ0v) is 18.2. The summed E-state index contributed by atoms with van der Waals surface area (Å²) in [5, 5.41) is 3.03. The second kappa shape index (κ2) is 10.5. The van der Waals surface area contributed by atoms with Crippen molar-refractivity contribution in [1.82, 2.24) is 10.0 Å². The monoisotopic (exact) mass is 443 g/mol. The third-order valence-corrected chi connectivity index (χ3v) is 7.07.